The summed E-state index contributed by atoms with van der Waals surface area (Å²) in [4.78, 5) is 0. The van der Waals surface area contributed by atoms with Crippen LogP contribution in [0.25, 0.3) is 11.0 Å². The minimum atomic E-state index is -3.18. The molecule has 0 aliphatic rings. The van der Waals surface area contributed by atoms with E-state index in [4.69, 9.17) is 4.42 Å². The summed E-state index contributed by atoms with van der Waals surface area (Å²) in [6.07, 6.45) is 0. The van der Waals surface area contributed by atoms with Crippen LogP contribution in [0, 0.1) is 11.3 Å². The van der Waals surface area contributed by atoms with Gasteiger partial charge >= 0.3 is 182 Å². The van der Waals surface area contributed by atoms with Crippen LogP contribution in [0.1, 0.15) is 5.56 Å². The Balaban J connectivity index is 1.98. The molecular formula is C28H22NOP. The Morgan fingerprint density at radius 3 is 1.58 bits per heavy atom. The fraction of sp³-hybridized carbons (Fsp3) is 0.0357. The van der Waals surface area contributed by atoms with Crippen molar-refractivity contribution in [3.8, 4) is 6.07 Å². The molecule has 2 nitrogen and oxygen atoms in total. The molecule has 5 aromatic rings. The molecule has 0 fully saturated rings. The van der Waals surface area contributed by atoms with E-state index in [1.54, 1.807) is 0 Å². The monoisotopic (exact) mass is 419 g/mol. The van der Waals surface area contributed by atoms with Crippen LogP contribution >= 0.6 is 6.60 Å². The quantitative estimate of drug-likeness (QED) is 0.381. The van der Waals surface area contributed by atoms with Crippen LogP contribution in [0.2, 0.25) is 0 Å². The summed E-state index contributed by atoms with van der Waals surface area (Å²) < 4.78 is 6.65. The first-order valence-electron chi connectivity index (χ1n) is 10.3. The van der Waals surface area contributed by atoms with Crippen LogP contribution in [0.3, 0.4) is 0 Å². The maximum atomic E-state index is 9.38. The number of hydrogen-bond acceptors (Lipinski definition) is 2. The minimum absolute atomic E-state index is 0.635. The van der Waals surface area contributed by atoms with Crippen molar-refractivity contribution in [2.75, 3.05) is 6.66 Å². The molecule has 31 heavy (non-hydrogen) atoms. The summed E-state index contributed by atoms with van der Waals surface area (Å²) in [5.41, 5.74) is 2.38. The van der Waals surface area contributed by atoms with Crippen molar-refractivity contribution in [2.45, 2.75) is 0 Å². The van der Waals surface area contributed by atoms with Crippen molar-refractivity contribution >= 4 is 39.0 Å². The molecule has 0 N–H and O–H groups in total. The van der Waals surface area contributed by atoms with Gasteiger partial charge < -0.3 is 0 Å². The summed E-state index contributed by atoms with van der Waals surface area (Å²) in [5, 5.41) is 14.1. The Hall–Kier alpha value is -3.66. The molecule has 0 saturated heterocycles. The predicted octanol–water partition coefficient (Wildman–Crippen LogP) is 5.09. The second kappa shape index (κ2) is 7.24. The van der Waals surface area contributed by atoms with Crippen LogP contribution in [0.15, 0.2) is 120 Å². The van der Waals surface area contributed by atoms with Gasteiger partial charge in [-0.2, -0.15) is 0 Å². The van der Waals surface area contributed by atoms with Crippen molar-refractivity contribution in [3.63, 3.8) is 0 Å². The molecule has 4 aromatic carbocycles. The number of nitriles is 1. The van der Waals surface area contributed by atoms with E-state index >= 15 is 0 Å². The van der Waals surface area contributed by atoms with Crippen LogP contribution in [0.5, 0.6) is 0 Å². The molecular weight excluding hydrogens is 397 g/mol. The van der Waals surface area contributed by atoms with Crippen molar-refractivity contribution in [1.29, 1.82) is 5.26 Å². The summed E-state index contributed by atoms with van der Waals surface area (Å²) in [6.45, 7) is -0.814. The van der Waals surface area contributed by atoms with Gasteiger partial charge in [0.1, 0.15) is 0 Å². The van der Waals surface area contributed by atoms with Crippen molar-refractivity contribution in [2.24, 2.45) is 0 Å². The van der Waals surface area contributed by atoms with Crippen LogP contribution in [0.4, 0.5) is 0 Å². The normalized spacial score (nSPS) is 12.7. The third kappa shape index (κ3) is 2.75. The third-order valence-corrected chi connectivity index (χ3v) is 12.5. The zero-order valence-electron chi connectivity index (χ0n) is 17.3. The molecule has 0 atom stereocenters. The van der Waals surface area contributed by atoms with Crippen LogP contribution < -0.4 is 21.4 Å². The zero-order valence-corrected chi connectivity index (χ0v) is 18.2. The van der Waals surface area contributed by atoms with E-state index in [0.29, 0.717) is 5.56 Å². The van der Waals surface area contributed by atoms with Crippen molar-refractivity contribution < 1.29 is 4.42 Å². The number of benzene rings is 4. The van der Waals surface area contributed by atoms with Gasteiger partial charge in [0.05, 0.1) is 0 Å². The van der Waals surface area contributed by atoms with Gasteiger partial charge in [-0.3, -0.25) is 0 Å². The van der Waals surface area contributed by atoms with Crippen LogP contribution in [-0.4, -0.2) is 6.66 Å². The summed E-state index contributed by atoms with van der Waals surface area (Å²) >= 11 is 0. The van der Waals surface area contributed by atoms with Gasteiger partial charge in [0.2, 0.25) is 0 Å². The number of hydrogen-bond donors (Lipinski definition) is 0. The molecule has 1 heterocycles. The Labute approximate surface area is 182 Å². The van der Waals surface area contributed by atoms with E-state index in [1.165, 1.54) is 15.9 Å². The second-order valence-electron chi connectivity index (χ2n) is 8.02. The predicted molar refractivity (Wildman–Crippen MR) is 132 cm³/mol. The van der Waals surface area contributed by atoms with Gasteiger partial charge in [-0.1, -0.05) is 0 Å². The van der Waals surface area contributed by atoms with E-state index < -0.39 is 6.60 Å². The molecule has 1 aromatic heterocycles. The van der Waals surface area contributed by atoms with Gasteiger partial charge in [0, 0.05) is 0 Å². The maximum absolute atomic E-state index is 9.38. The number of rotatable bonds is 4. The van der Waals surface area contributed by atoms with Gasteiger partial charge in [-0.15, -0.1) is 0 Å². The average Bonchev–Trinajstić information content (AvgIpc) is 3.29. The molecule has 0 amide bonds. The zero-order chi connectivity index (χ0) is 21.3. The Kier molecular flexibility index (Phi) is 4.51. The Morgan fingerprint density at radius 2 is 1.13 bits per heavy atom. The fourth-order valence-electron chi connectivity index (χ4n) is 4.61. The summed E-state index contributed by atoms with van der Waals surface area (Å²) in [7, 11) is 0. The molecule has 0 aliphatic carbocycles. The summed E-state index contributed by atoms with van der Waals surface area (Å²) in [5.74, 6) is 0. The molecule has 0 bridgehead atoms. The van der Waals surface area contributed by atoms with Gasteiger partial charge in [-0.25, -0.2) is 0 Å². The van der Waals surface area contributed by atoms with Crippen molar-refractivity contribution in [1.82, 2.24) is 0 Å². The Morgan fingerprint density at radius 1 is 0.645 bits per heavy atom. The third-order valence-electron chi connectivity index (χ3n) is 6.39. The van der Waals surface area contributed by atoms with Crippen molar-refractivity contribution in [3.05, 3.63) is 121 Å². The molecule has 0 spiro atoms. The Bertz CT molecular complexity index is 1300. The van der Waals surface area contributed by atoms with E-state index in [9.17, 15) is 5.26 Å². The summed E-state index contributed by atoms with van der Waals surface area (Å²) in [6, 6.07) is 42.0. The number of nitrogens with zero attached hydrogens (tertiary/aromatic N) is 1. The first-order valence-corrected chi connectivity index (χ1v) is 13.0. The van der Waals surface area contributed by atoms with Crippen LogP contribution in [-0.2, 0) is 0 Å². The second-order valence-corrected chi connectivity index (χ2v) is 13.1. The number of fused-ring (bicyclic) bond motifs is 1. The van der Waals surface area contributed by atoms with E-state index in [0.717, 1.165) is 16.5 Å². The number of furan rings is 1. The first kappa shape index (κ1) is 19.3. The van der Waals surface area contributed by atoms with E-state index in [1.807, 2.05) is 18.2 Å². The molecule has 3 heteroatoms. The molecule has 150 valence electrons. The van der Waals surface area contributed by atoms with Gasteiger partial charge in [0.25, 0.3) is 0 Å². The van der Waals surface area contributed by atoms with Gasteiger partial charge in [-0.05, 0) is 0 Å². The fourth-order valence-corrected chi connectivity index (χ4v) is 9.80. The van der Waals surface area contributed by atoms with E-state index in [2.05, 4.69) is 110 Å². The van der Waals surface area contributed by atoms with E-state index in [-0.39, 0.29) is 0 Å². The van der Waals surface area contributed by atoms with Gasteiger partial charge in [0.15, 0.2) is 0 Å². The standard InChI is InChI=1S/C28H22NOP/c1-31(24-11-5-2-6-12-24,25-13-7-3-8-14-25,26-15-9-4-10-16-26)28-20-23-19-22(21-29)17-18-27(23)30-28/h2-20H,1H3. The average molecular weight is 419 g/mol. The molecule has 0 radical (unpaired) electrons. The molecule has 0 saturated carbocycles. The first-order chi connectivity index (χ1) is 15.1. The molecule has 0 aliphatic heterocycles. The SMILES string of the molecule is CP(c1ccccc1)(c1ccccc1)(c1ccccc1)c1cc2cc(C#N)ccc2o1. The molecule has 0 unspecified atom stereocenters. The topological polar surface area (TPSA) is 36.9 Å². The molecule has 5 rings (SSSR count).